The fourth-order valence-electron chi connectivity index (χ4n) is 3.26. The lowest BCUT2D eigenvalue weighted by Crippen LogP contribution is -2.42. The van der Waals surface area contributed by atoms with Crippen molar-refractivity contribution in [1.29, 1.82) is 5.26 Å². The lowest BCUT2D eigenvalue weighted by Gasteiger charge is -2.36. The second kappa shape index (κ2) is 7.45. The topological polar surface area (TPSA) is 85.7 Å². The highest BCUT2D eigenvalue weighted by atomic mass is 32.2. The summed E-state index contributed by atoms with van der Waals surface area (Å²) in [4.78, 5) is 21.5. The molecule has 0 bridgehead atoms. The van der Waals surface area contributed by atoms with Crippen LogP contribution < -0.4 is 5.73 Å². The van der Waals surface area contributed by atoms with Crippen LogP contribution in [0.2, 0.25) is 0 Å². The molecule has 1 aromatic rings. The molecule has 2 aliphatic heterocycles. The zero-order valence-corrected chi connectivity index (χ0v) is 16.2. The first-order valence-electron chi connectivity index (χ1n) is 8.64. The van der Waals surface area contributed by atoms with Crippen molar-refractivity contribution < 1.29 is 9.18 Å². The molecule has 0 saturated heterocycles. The van der Waals surface area contributed by atoms with Crippen LogP contribution in [0.15, 0.2) is 51.3 Å². The Morgan fingerprint density at radius 3 is 2.56 bits per heavy atom. The molecule has 1 amide bonds. The molecule has 0 spiro atoms. The molecule has 2 N–H and O–H groups in total. The molecule has 0 fully saturated rings. The molecule has 0 unspecified atom stereocenters. The van der Waals surface area contributed by atoms with Gasteiger partial charge in [0.25, 0.3) is 5.91 Å². The van der Waals surface area contributed by atoms with Crippen LogP contribution in [0.4, 0.5) is 4.39 Å². The summed E-state index contributed by atoms with van der Waals surface area (Å²) >= 11 is 1.18. The number of fused-ring (bicyclic) bond motifs is 1. The van der Waals surface area contributed by atoms with Crippen LogP contribution in [0.25, 0.3) is 0 Å². The molecular formula is C19H20FN5OS. The average molecular weight is 385 g/mol. The highest BCUT2D eigenvalue weighted by Crippen LogP contribution is 2.45. The number of rotatable bonds is 4. The fraction of sp³-hybridized carbons (Fsp3) is 0.316. The van der Waals surface area contributed by atoms with Gasteiger partial charge in [0, 0.05) is 13.1 Å². The Bertz CT molecular complexity index is 909. The van der Waals surface area contributed by atoms with Crippen molar-refractivity contribution in [3.63, 3.8) is 0 Å². The summed E-state index contributed by atoms with van der Waals surface area (Å²) < 4.78 is 13.5. The van der Waals surface area contributed by atoms with Gasteiger partial charge in [-0.3, -0.25) is 9.69 Å². The Morgan fingerprint density at radius 2 is 2.00 bits per heavy atom. The zero-order valence-electron chi connectivity index (χ0n) is 15.4. The molecule has 0 saturated carbocycles. The third kappa shape index (κ3) is 3.19. The van der Waals surface area contributed by atoms with E-state index in [2.05, 4.69) is 11.1 Å². The first kappa shape index (κ1) is 19.0. The van der Waals surface area contributed by atoms with Gasteiger partial charge in [-0.05, 0) is 50.2 Å². The van der Waals surface area contributed by atoms with Gasteiger partial charge < -0.3 is 10.6 Å². The first-order valence-corrected chi connectivity index (χ1v) is 9.45. The largest absolute Gasteiger partial charge is 0.383 e. The summed E-state index contributed by atoms with van der Waals surface area (Å²) in [7, 11) is 0. The molecule has 0 aromatic heterocycles. The number of aliphatic imine (C=N–C) groups is 1. The van der Waals surface area contributed by atoms with Crippen LogP contribution in [0.3, 0.4) is 0 Å². The number of carbonyl (C=O) groups excluding carboxylic acids is 1. The van der Waals surface area contributed by atoms with E-state index in [1.807, 2.05) is 13.8 Å². The summed E-state index contributed by atoms with van der Waals surface area (Å²) in [5, 5.41) is 9.90. The predicted molar refractivity (Wildman–Crippen MR) is 103 cm³/mol. The number of nitrogens with two attached hydrogens (primary N) is 1. The fourth-order valence-corrected chi connectivity index (χ4v) is 4.17. The smallest absolute Gasteiger partial charge is 0.254 e. The van der Waals surface area contributed by atoms with Crippen LogP contribution in [0, 0.1) is 17.1 Å². The Hall–Kier alpha value is -2.79. The third-order valence-electron chi connectivity index (χ3n) is 4.64. The molecule has 8 heteroatoms. The molecule has 1 aromatic carbocycles. The standard InChI is InChI=1S/C19H20FN5OS/c1-4-24(5-2)18(26)15-11(3)23-19-25(17(22)14(10-21)27-19)16(15)12-6-8-13(20)9-7-12/h6-9,16H,4-5,22H2,1-3H3/t16-/m0/s1. The summed E-state index contributed by atoms with van der Waals surface area (Å²) in [6.07, 6.45) is 0. The van der Waals surface area contributed by atoms with E-state index in [0.717, 1.165) is 0 Å². The van der Waals surface area contributed by atoms with Crippen LogP contribution in [-0.4, -0.2) is 34.0 Å². The van der Waals surface area contributed by atoms with Crippen LogP contribution in [0.1, 0.15) is 32.4 Å². The van der Waals surface area contributed by atoms with E-state index in [1.165, 1.54) is 23.9 Å². The number of thioether (sulfide) groups is 1. The Labute approximate surface area is 161 Å². The minimum atomic E-state index is -0.565. The number of amidine groups is 1. The Morgan fingerprint density at radius 1 is 1.37 bits per heavy atom. The van der Waals surface area contributed by atoms with Gasteiger partial charge in [-0.25, -0.2) is 9.38 Å². The van der Waals surface area contributed by atoms with E-state index >= 15 is 0 Å². The molecule has 0 aliphatic carbocycles. The van der Waals surface area contributed by atoms with Crippen molar-refractivity contribution in [2.24, 2.45) is 10.7 Å². The normalized spacial score (nSPS) is 19.0. The van der Waals surface area contributed by atoms with Crippen LogP contribution >= 0.6 is 11.8 Å². The van der Waals surface area contributed by atoms with Crippen molar-refractivity contribution in [2.45, 2.75) is 26.8 Å². The van der Waals surface area contributed by atoms with Crippen molar-refractivity contribution in [3.05, 3.63) is 57.6 Å². The van der Waals surface area contributed by atoms with E-state index in [-0.39, 0.29) is 17.5 Å². The number of halogens is 1. The number of nitrogens with zero attached hydrogens (tertiary/aromatic N) is 4. The minimum Gasteiger partial charge on any atom is -0.383 e. The number of nitriles is 1. The molecule has 3 rings (SSSR count). The maximum atomic E-state index is 13.5. The number of hydrogen-bond donors (Lipinski definition) is 1. The number of carbonyl (C=O) groups is 1. The van der Waals surface area contributed by atoms with E-state index in [1.54, 1.807) is 28.9 Å². The van der Waals surface area contributed by atoms with Gasteiger partial charge in [0.2, 0.25) is 0 Å². The number of hydrogen-bond acceptors (Lipinski definition) is 6. The zero-order chi connectivity index (χ0) is 19.7. The Kier molecular flexibility index (Phi) is 5.24. The van der Waals surface area contributed by atoms with Crippen LogP contribution in [-0.2, 0) is 4.79 Å². The molecule has 1 atom stereocenters. The molecule has 6 nitrogen and oxygen atoms in total. The maximum Gasteiger partial charge on any atom is 0.254 e. The lowest BCUT2D eigenvalue weighted by molar-refractivity contribution is -0.127. The highest BCUT2D eigenvalue weighted by molar-refractivity contribution is 8.17. The Balaban J connectivity index is 2.19. The van der Waals surface area contributed by atoms with Crippen molar-refractivity contribution in [1.82, 2.24) is 9.80 Å². The average Bonchev–Trinajstić information content (AvgIpc) is 2.97. The van der Waals surface area contributed by atoms with E-state index in [4.69, 9.17) is 5.73 Å². The van der Waals surface area contributed by atoms with Gasteiger partial charge in [0.15, 0.2) is 5.17 Å². The quantitative estimate of drug-likeness (QED) is 0.861. The molecular weight excluding hydrogens is 365 g/mol. The molecule has 0 radical (unpaired) electrons. The first-order chi connectivity index (χ1) is 12.9. The second-order valence-corrected chi connectivity index (χ2v) is 7.10. The highest BCUT2D eigenvalue weighted by Gasteiger charge is 2.42. The number of likely N-dealkylation sites (N-methyl/N-ethyl adjacent to an activating group) is 1. The number of amides is 1. The van der Waals surface area contributed by atoms with Crippen LogP contribution in [0.5, 0.6) is 0 Å². The lowest BCUT2D eigenvalue weighted by atomic mass is 9.93. The summed E-state index contributed by atoms with van der Waals surface area (Å²) in [6, 6.07) is 7.48. The molecule has 27 heavy (non-hydrogen) atoms. The van der Waals surface area contributed by atoms with Gasteiger partial charge in [-0.15, -0.1) is 0 Å². The van der Waals surface area contributed by atoms with Gasteiger partial charge in [0.05, 0.1) is 17.3 Å². The van der Waals surface area contributed by atoms with Gasteiger partial charge in [0.1, 0.15) is 22.6 Å². The van der Waals surface area contributed by atoms with E-state index in [0.29, 0.717) is 40.0 Å². The maximum absolute atomic E-state index is 13.5. The van der Waals surface area contributed by atoms with E-state index in [9.17, 15) is 14.4 Å². The third-order valence-corrected chi connectivity index (χ3v) is 5.62. The minimum absolute atomic E-state index is 0.141. The van der Waals surface area contributed by atoms with Crippen molar-refractivity contribution in [2.75, 3.05) is 13.1 Å². The second-order valence-electron chi connectivity index (χ2n) is 6.12. The van der Waals surface area contributed by atoms with Gasteiger partial charge in [-0.1, -0.05) is 12.1 Å². The summed E-state index contributed by atoms with van der Waals surface area (Å²) in [5.74, 6) is -0.247. The van der Waals surface area contributed by atoms with Gasteiger partial charge in [-0.2, -0.15) is 5.26 Å². The van der Waals surface area contributed by atoms with Crippen molar-refractivity contribution >= 4 is 22.8 Å². The molecule has 2 heterocycles. The predicted octanol–water partition coefficient (Wildman–Crippen LogP) is 3.08. The summed E-state index contributed by atoms with van der Waals surface area (Å²) in [5.41, 5.74) is 7.98. The molecule has 2 aliphatic rings. The van der Waals surface area contributed by atoms with Gasteiger partial charge >= 0.3 is 0 Å². The monoisotopic (exact) mass is 385 g/mol. The van der Waals surface area contributed by atoms with Crippen molar-refractivity contribution in [3.8, 4) is 6.07 Å². The summed E-state index contributed by atoms with van der Waals surface area (Å²) in [6.45, 7) is 6.72. The number of allylic oxidation sites excluding steroid dienone is 2. The molecule has 140 valence electrons. The number of benzene rings is 1. The van der Waals surface area contributed by atoms with E-state index < -0.39 is 6.04 Å². The SMILES string of the molecule is CCN(CC)C(=O)C1=C(C)N=C2SC(C#N)=C(N)N2[C@H]1c1ccc(F)cc1.